The van der Waals surface area contributed by atoms with Gasteiger partial charge in [-0.1, -0.05) is 29.3 Å². The van der Waals surface area contributed by atoms with Crippen molar-refractivity contribution in [2.24, 2.45) is 0 Å². The predicted octanol–water partition coefficient (Wildman–Crippen LogP) is 4.61. The van der Waals surface area contributed by atoms with Crippen molar-refractivity contribution in [3.63, 3.8) is 0 Å². The number of rotatable bonds is 4. The summed E-state index contributed by atoms with van der Waals surface area (Å²) < 4.78 is 10.9. The van der Waals surface area contributed by atoms with Crippen LogP contribution in [0.3, 0.4) is 0 Å². The zero-order chi connectivity index (χ0) is 19.0. The Bertz CT molecular complexity index is 1110. The Balaban J connectivity index is 1.54. The number of nitrogens with one attached hydrogen (secondary N) is 1. The van der Waals surface area contributed by atoms with Gasteiger partial charge in [0.1, 0.15) is 11.3 Å². The van der Waals surface area contributed by atoms with Gasteiger partial charge in [-0.05, 0) is 49.1 Å². The van der Waals surface area contributed by atoms with Gasteiger partial charge in [-0.15, -0.1) is 0 Å². The molecule has 138 valence electrons. The lowest BCUT2D eigenvalue weighted by Gasteiger charge is -2.11. The fourth-order valence-electron chi connectivity index (χ4n) is 3.30. The quantitative estimate of drug-likeness (QED) is 0.645. The van der Waals surface area contributed by atoms with Crippen LogP contribution in [0.15, 0.2) is 45.6 Å². The Kier molecular flexibility index (Phi) is 4.81. The van der Waals surface area contributed by atoms with Crippen LogP contribution in [0.4, 0.5) is 5.69 Å². The minimum Gasteiger partial charge on any atom is -0.482 e. The maximum absolute atomic E-state index is 12.1. The molecule has 0 spiro atoms. The fourth-order valence-corrected chi connectivity index (χ4v) is 3.71. The van der Waals surface area contributed by atoms with Gasteiger partial charge in [0.15, 0.2) is 6.61 Å². The van der Waals surface area contributed by atoms with E-state index in [-0.39, 0.29) is 23.9 Å². The molecule has 0 unspecified atom stereocenters. The van der Waals surface area contributed by atoms with Crippen molar-refractivity contribution in [2.45, 2.75) is 19.3 Å². The molecule has 5 nitrogen and oxygen atoms in total. The summed E-state index contributed by atoms with van der Waals surface area (Å²) in [6, 6.07) is 10.1. The van der Waals surface area contributed by atoms with Crippen LogP contribution in [0.1, 0.15) is 17.5 Å². The van der Waals surface area contributed by atoms with Crippen LogP contribution in [-0.2, 0) is 17.6 Å². The standard InChI is InChI=1S/C20H15Cl2NO4/c21-11-3-1-4-12(7-11)23-19(24)10-26-18-9-17-15(8-16(18)22)13-5-2-6-14(13)20(25)27-17/h1,3-4,7-9H,2,5-6,10H2,(H,23,24). The lowest BCUT2D eigenvalue weighted by Crippen LogP contribution is -2.20. The van der Waals surface area contributed by atoms with E-state index in [9.17, 15) is 9.59 Å². The molecule has 1 aliphatic carbocycles. The first-order chi connectivity index (χ1) is 13.0. The molecule has 0 saturated carbocycles. The van der Waals surface area contributed by atoms with E-state index in [2.05, 4.69) is 5.32 Å². The zero-order valence-corrected chi connectivity index (χ0v) is 15.7. The average molecular weight is 404 g/mol. The van der Waals surface area contributed by atoms with Crippen LogP contribution >= 0.6 is 23.2 Å². The Morgan fingerprint density at radius 2 is 1.96 bits per heavy atom. The number of carbonyl (C=O) groups is 1. The summed E-state index contributed by atoms with van der Waals surface area (Å²) in [5.74, 6) is -0.0738. The van der Waals surface area contributed by atoms with Crippen molar-refractivity contribution in [3.8, 4) is 5.75 Å². The number of aryl methyl sites for hydroxylation is 1. The summed E-state index contributed by atoms with van der Waals surface area (Å²) in [6.07, 6.45) is 2.49. The van der Waals surface area contributed by atoms with Crippen LogP contribution < -0.4 is 15.7 Å². The topological polar surface area (TPSA) is 68.5 Å². The molecule has 27 heavy (non-hydrogen) atoms. The number of carbonyl (C=O) groups excluding carboxylic acids is 1. The van der Waals surface area contributed by atoms with Gasteiger partial charge in [0.05, 0.1) is 5.02 Å². The molecule has 1 heterocycles. The molecule has 0 aliphatic heterocycles. The van der Waals surface area contributed by atoms with E-state index in [0.29, 0.717) is 21.3 Å². The van der Waals surface area contributed by atoms with Crippen LogP contribution in [0.25, 0.3) is 11.0 Å². The van der Waals surface area contributed by atoms with E-state index in [0.717, 1.165) is 35.8 Å². The maximum atomic E-state index is 12.1. The second-order valence-corrected chi connectivity index (χ2v) is 7.17. The SMILES string of the molecule is O=C(COc1cc2oc(=O)c3c(c2cc1Cl)CCC3)Nc1cccc(Cl)c1. The third-order valence-electron chi connectivity index (χ3n) is 4.49. The smallest absolute Gasteiger partial charge is 0.339 e. The fraction of sp³-hybridized carbons (Fsp3) is 0.200. The van der Waals surface area contributed by atoms with Crippen molar-refractivity contribution in [1.82, 2.24) is 0 Å². The molecule has 0 radical (unpaired) electrons. The number of hydrogen-bond donors (Lipinski definition) is 1. The molecule has 7 heteroatoms. The lowest BCUT2D eigenvalue weighted by molar-refractivity contribution is -0.118. The molecular weight excluding hydrogens is 389 g/mol. The summed E-state index contributed by atoms with van der Waals surface area (Å²) >= 11 is 12.2. The van der Waals surface area contributed by atoms with Gasteiger partial charge in [0.25, 0.3) is 5.91 Å². The van der Waals surface area contributed by atoms with Gasteiger partial charge in [0, 0.05) is 27.7 Å². The number of anilines is 1. The molecule has 1 amide bonds. The summed E-state index contributed by atoms with van der Waals surface area (Å²) in [6.45, 7) is -0.243. The molecule has 2 aromatic carbocycles. The van der Waals surface area contributed by atoms with Gasteiger partial charge < -0.3 is 14.5 Å². The minimum absolute atomic E-state index is 0.243. The zero-order valence-electron chi connectivity index (χ0n) is 14.2. The van der Waals surface area contributed by atoms with E-state index in [1.54, 1.807) is 36.4 Å². The van der Waals surface area contributed by atoms with E-state index in [4.69, 9.17) is 32.4 Å². The van der Waals surface area contributed by atoms with E-state index in [1.165, 1.54) is 0 Å². The molecule has 1 aromatic heterocycles. The van der Waals surface area contributed by atoms with Gasteiger partial charge in [-0.2, -0.15) is 0 Å². The number of ether oxygens (including phenoxy) is 1. The second kappa shape index (κ2) is 7.25. The van der Waals surface area contributed by atoms with Crippen molar-refractivity contribution in [3.05, 3.63) is 68.0 Å². The highest BCUT2D eigenvalue weighted by Crippen LogP contribution is 2.34. The molecule has 0 bridgehead atoms. The highest BCUT2D eigenvalue weighted by molar-refractivity contribution is 6.33. The predicted molar refractivity (Wildman–Crippen MR) is 105 cm³/mol. The van der Waals surface area contributed by atoms with Gasteiger partial charge in [-0.3, -0.25) is 4.79 Å². The molecule has 1 N–H and O–H groups in total. The van der Waals surface area contributed by atoms with Crippen LogP contribution in [0.5, 0.6) is 5.75 Å². The second-order valence-electron chi connectivity index (χ2n) is 6.33. The molecule has 1 aliphatic rings. The Hall–Kier alpha value is -2.50. The molecular formula is C20H15Cl2NO4. The van der Waals surface area contributed by atoms with Crippen LogP contribution in [0.2, 0.25) is 10.0 Å². The highest BCUT2D eigenvalue weighted by Gasteiger charge is 2.21. The molecule has 0 atom stereocenters. The maximum Gasteiger partial charge on any atom is 0.339 e. The Morgan fingerprint density at radius 1 is 1.15 bits per heavy atom. The third-order valence-corrected chi connectivity index (χ3v) is 5.02. The lowest BCUT2D eigenvalue weighted by atomic mass is 10.1. The van der Waals surface area contributed by atoms with E-state index >= 15 is 0 Å². The van der Waals surface area contributed by atoms with Crippen LogP contribution in [-0.4, -0.2) is 12.5 Å². The summed E-state index contributed by atoms with van der Waals surface area (Å²) in [5, 5.41) is 4.39. The normalized spacial score (nSPS) is 12.8. The van der Waals surface area contributed by atoms with Gasteiger partial charge in [-0.25, -0.2) is 4.79 Å². The van der Waals surface area contributed by atoms with Gasteiger partial charge in [0.2, 0.25) is 0 Å². The van der Waals surface area contributed by atoms with Crippen molar-refractivity contribution >= 4 is 45.8 Å². The van der Waals surface area contributed by atoms with Crippen LogP contribution in [0, 0.1) is 0 Å². The number of fused-ring (bicyclic) bond motifs is 3. The Labute approximate surface area is 164 Å². The number of amides is 1. The Morgan fingerprint density at radius 3 is 2.78 bits per heavy atom. The molecule has 4 rings (SSSR count). The molecule has 0 saturated heterocycles. The highest BCUT2D eigenvalue weighted by atomic mass is 35.5. The van der Waals surface area contributed by atoms with E-state index < -0.39 is 0 Å². The first kappa shape index (κ1) is 17.9. The van der Waals surface area contributed by atoms with E-state index in [1.807, 2.05) is 0 Å². The van der Waals surface area contributed by atoms with Gasteiger partial charge >= 0.3 is 5.63 Å². The van der Waals surface area contributed by atoms with Crippen molar-refractivity contribution in [2.75, 3.05) is 11.9 Å². The summed E-state index contributed by atoms with van der Waals surface area (Å²) in [4.78, 5) is 24.2. The third kappa shape index (κ3) is 3.66. The average Bonchev–Trinajstić information content (AvgIpc) is 3.12. The number of benzene rings is 2. The summed E-state index contributed by atoms with van der Waals surface area (Å²) in [7, 11) is 0. The largest absolute Gasteiger partial charge is 0.482 e. The minimum atomic E-state index is -0.358. The molecule has 3 aromatic rings. The van der Waals surface area contributed by atoms with Crippen molar-refractivity contribution < 1.29 is 13.9 Å². The number of hydrogen-bond acceptors (Lipinski definition) is 4. The number of halogens is 2. The monoisotopic (exact) mass is 403 g/mol. The molecule has 0 fully saturated rings. The van der Waals surface area contributed by atoms with Crippen molar-refractivity contribution in [1.29, 1.82) is 0 Å². The first-order valence-electron chi connectivity index (χ1n) is 8.47. The summed E-state index contributed by atoms with van der Waals surface area (Å²) in [5.41, 5.74) is 2.39. The first-order valence-corrected chi connectivity index (χ1v) is 9.23.